The molecule has 0 saturated carbocycles. The van der Waals surface area contributed by atoms with Gasteiger partial charge in [0.25, 0.3) is 0 Å². The lowest BCUT2D eigenvalue weighted by Crippen LogP contribution is -2.22. The Kier molecular flexibility index (Phi) is 5.67. The molecule has 8 heteroatoms. The zero-order valence-electron chi connectivity index (χ0n) is 17.0. The van der Waals surface area contributed by atoms with Gasteiger partial charge in [-0.15, -0.1) is 0 Å². The predicted molar refractivity (Wildman–Crippen MR) is 121 cm³/mol. The molecule has 1 N–H and O–H groups in total. The number of hydrogen-bond donors (Lipinski definition) is 1. The highest BCUT2D eigenvalue weighted by Gasteiger charge is 2.19. The monoisotopic (exact) mass is 418 g/mol. The first kappa shape index (κ1) is 19.9. The van der Waals surface area contributed by atoms with E-state index in [9.17, 15) is 4.79 Å². The van der Waals surface area contributed by atoms with Gasteiger partial charge in [-0.3, -0.25) is 4.79 Å². The Morgan fingerprint density at radius 1 is 1.07 bits per heavy atom. The third-order valence-corrected chi connectivity index (χ3v) is 5.76. The molecule has 0 aliphatic heterocycles. The standard InChI is InChI=1S/C22H22N6OS/c1-15(21(29)26-16-9-11-17(12-10-16)27(2)3)30-22-19-13-25-28(20(19)23-14-24-22)18-7-5-4-6-8-18/h4-15H,1-3H3,(H,26,29). The first-order chi connectivity index (χ1) is 14.5. The maximum atomic E-state index is 12.7. The van der Waals surface area contributed by atoms with Crippen molar-refractivity contribution >= 4 is 40.1 Å². The average molecular weight is 419 g/mol. The van der Waals surface area contributed by atoms with E-state index >= 15 is 0 Å². The molecule has 4 rings (SSSR count). The van der Waals surface area contributed by atoms with E-state index in [1.165, 1.54) is 18.1 Å². The van der Waals surface area contributed by atoms with Gasteiger partial charge >= 0.3 is 0 Å². The maximum Gasteiger partial charge on any atom is 0.237 e. The van der Waals surface area contributed by atoms with Crippen molar-refractivity contribution < 1.29 is 4.79 Å². The molecule has 0 saturated heterocycles. The summed E-state index contributed by atoms with van der Waals surface area (Å²) < 4.78 is 1.78. The number of thioether (sulfide) groups is 1. The molecular weight excluding hydrogens is 396 g/mol. The largest absolute Gasteiger partial charge is 0.378 e. The van der Waals surface area contributed by atoms with Crippen LogP contribution < -0.4 is 10.2 Å². The Hall–Kier alpha value is -3.39. The zero-order chi connectivity index (χ0) is 21.1. The number of amides is 1. The lowest BCUT2D eigenvalue weighted by Gasteiger charge is -2.14. The van der Waals surface area contributed by atoms with Gasteiger partial charge in [0.05, 0.1) is 22.5 Å². The second-order valence-corrected chi connectivity index (χ2v) is 8.33. The zero-order valence-corrected chi connectivity index (χ0v) is 17.8. The highest BCUT2D eigenvalue weighted by atomic mass is 32.2. The molecule has 0 aliphatic rings. The Morgan fingerprint density at radius 3 is 2.50 bits per heavy atom. The summed E-state index contributed by atoms with van der Waals surface area (Å²) >= 11 is 1.39. The average Bonchev–Trinajstić information content (AvgIpc) is 3.20. The molecular formula is C22H22N6OS. The molecule has 2 heterocycles. The molecule has 0 radical (unpaired) electrons. The fourth-order valence-corrected chi connectivity index (χ4v) is 3.86. The highest BCUT2D eigenvalue weighted by Crippen LogP contribution is 2.29. The van der Waals surface area contributed by atoms with E-state index in [1.807, 2.05) is 80.5 Å². The quantitative estimate of drug-likeness (QED) is 0.377. The van der Waals surface area contributed by atoms with E-state index in [2.05, 4.69) is 20.4 Å². The van der Waals surface area contributed by atoms with Gasteiger partial charge in [-0.05, 0) is 43.3 Å². The van der Waals surface area contributed by atoms with E-state index in [0.717, 1.165) is 27.5 Å². The summed E-state index contributed by atoms with van der Waals surface area (Å²) in [6.45, 7) is 1.86. The lowest BCUT2D eigenvalue weighted by atomic mass is 10.2. The predicted octanol–water partition coefficient (Wildman–Crippen LogP) is 4.00. The van der Waals surface area contributed by atoms with E-state index in [0.29, 0.717) is 5.65 Å². The molecule has 1 amide bonds. The molecule has 30 heavy (non-hydrogen) atoms. The molecule has 2 aromatic heterocycles. The Bertz CT molecular complexity index is 1160. The van der Waals surface area contributed by atoms with Crippen LogP contribution in [0.3, 0.4) is 0 Å². The topological polar surface area (TPSA) is 75.9 Å². The third kappa shape index (κ3) is 4.13. The van der Waals surface area contributed by atoms with Crippen LogP contribution >= 0.6 is 11.8 Å². The van der Waals surface area contributed by atoms with Crippen molar-refractivity contribution in [3.63, 3.8) is 0 Å². The van der Waals surface area contributed by atoms with Crippen LogP contribution in [0.2, 0.25) is 0 Å². The Balaban J connectivity index is 1.51. The Morgan fingerprint density at radius 2 is 1.80 bits per heavy atom. The molecule has 7 nitrogen and oxygen atoms in total. The molecule has 1 atom stereocenters. The highest BCUT2D eigenvalue weighted by molar-refractivity contribution is 8.00. The number of para-hydroxylation sites is 1. The minimum Gasteiger partial charge on any atom is -0.378 e. The van der Waals surface area contributed by atoms with E-state index in [1.54, 1.807) is 10.9 Å². The summed E-state index contributed by atoms with van der Waals surface area (Å²) in [4.78, 5) is 23.5. The Labute approximate surface area is 179 Å². The smallest absolute Gasteiger partial charge is 0.237 e. The number of nitrogens with one attached hydrogen (secondary N) is 1. The number of hydrogen-bond acceptors (Lipinski definition) is 6. The van der Waals surface area contributed by atoms with E-state index in [-0.39, 0.29) is 11.2 Å². The number of nitrogens with zero attached hydrogens (tertiary/aromatic N) is 5. The van der Waals surface area contributed by atoms with E-state index < -0.39 is 0 Å². The van der Waals surface area contributed by atoms with Crippen molar-refractivity contribution in [3.05, 3.63) is 67.1 Å². The SMILES string of the molecule is CC(Sc1ncnc2c1cnn2-c1ccccc1)C(=O)Nc1ccc(N(C)C)cc1. The lowest BCUT2D eigenvalue weighted by molar-refractivity contribution is -0.115. The second kappa shape index (κ2) is 8.54. The van der Waals surface area contributed by atoms with Crippen molar-refractivity contribution in [2.45, 2.75) is 17.2 Å². The third-order valence-electron chi connectivity index (χ3n) is 4.64. The van der Waals surface area contributed by atoms with Gasteiger partial charge in [0.2, 0.25) is 5.91 Å². The number of fused-ring (bicyclic) bond motifs is 1. The first-order valence-electron chi connectivity index (χ1n) is 9.52. The van der Waals surface area contributed by atoms with Gasteiger partial charge < -0.3 is 10.2 Å². The summed E-state index contributed by atoms with van der Waals surface area (Å²) in [6.07, 6.45) is 3.26. The van der Waals surface area contributed by atoms with E-state index in [4.69, 9.17) is 0 Å². The molecule has 0 aliphatic carbocycles. The second-order valence-electron chi connectivity index (χ2n) is 7.00. The van der Waals surface area contributed by atoms with Gasteiger partial charge in [-0.1, -0.05) is 30.0 Å². The van der Waals surface area contributed by atoms with Gasteiger partial charge in [-0.25, -0.2) is 14.6 Å². The summed E-state index contributed by atoms with van der Waals surface area (Å²) in [6, 6.07) is 17.6. The van der Waals surface area contributed by atoms with Crippen LogP contribution in [0.5, 0.6) is 0 Å². The normalized spacial score (nSPS) is 12.0. The molecule has 0 spiro atoms. The molecule has 2 aromatic carbocycles. The number of carbonyl (C=O) groups excluding carboxylic acids is 1. The number of anilines is 2. The van der Waals surface area contributed by atoms with Crippen LogP contribution in [-0.4, -0.2) is 45.0 Å². The van der Waals surface area contributed by atoms with Crippen LogP contribution in [0, 0.1) is 0 Å². The van der Waals surface area contributed by atoms with Crippen LogP contribution in [0.15, 0.2) is 72.1 Å². The molecule has 152 valence electrons. The van der Waals surface area contributed by atoms with Gasteiger partial charge in [0.1, 0.15) is 11.4 Å². The fourth-order valence-electron chi connectivity index (χ4n) is 2.98. The minimum atomic E-state index is -0.336. The molecule has 4 aromatic rings. The summed E-state index contributed by atoms with van der Waals surface area (Å²) in [5.74, 6) is -0.0835. The van der Waals surface area contributed by atoms with Crippen LogP contribution in [0.1, 0.15) is 6.92 Å². The number of benzene rings is 2. The number of aromatic nitrogens is 4. The molecule has 0 bridgehead atoms. The van der Waals surface area contributed by atoms with Gasteiger partial charge in [0, 0.05) is 25.5 Å². The minimum absolute atomic E-state index is 0.0835. The summed E-state index contributed by atoms with van der Waals surface area (Å²) in [7, 11) is 3.96. The summed E-state index contributed by atoms with van der Waals surface area (Å²) in [5, 5.41) is 8.64. The van der Waals surface area contributed by atoms with Crippen molar-refractivity contribution in [3.8, 4) is 5.69 Å². The van der Waals surface area contributed by atoms with Crippen LogP contribution in [-0.2, 0) is 4.79 Å². The fraction of sp³-hybridized carbons (Fsp3) is 0.182. The van der Waals surface area contributed by atoms with Crippen LogP contribution in [0.4, 0.5) is 11.4 Å². The van der Waals surface area contributed by atoms with Crippen LogP contribution in [0.25, 0.3) is 16.7 Å². The van der Waals surface area contributed by atoms with Crippen molar-refractivity contribution in [1.82, 2.24) is 19.7 Å². The number of rotatable bonds is 6. The van der Waals surface area contributed by atoms with Gasteiger partial charge in [0.15, 0.2) is 5.65 Å². The molecule has 1 unspecified atom stereocenters. The first-order valence-corrected chi connectivity index (χ1v) is 10.4. The molecule has 0 fully saturated rings. The van der Waals surface area contributed by atoms with Crippen molar-refractivity contribution in [2.24, 2.45) is 0 Å². The van der Waals surface area contributed by atoms with Gasteiger partial charge in [-0.2, -0.15) is 5.10 Å². The van der Waals surface area contributed by atoms with Crippen molar-refractivity contribution in [2.75, 3.05) is 24.3 Å². The number of carbonyl (C=O) groups is 1. The maximum absolute atomic E-state index is 12.7. The van der Waals surface area contributed by atoms with Crippen molar-refractivity contribution in [1.29, 1.82) is 0 Å². The summed E-state index contributed by atoms with van der Waals surface area (Å²) in [5.41, 5.74) is 3.48.